The lowest BCUT2D eigenvalue weighted by Gasteiger charge is -2.04. The molecule has 98 valence electrons. The van der Waals surface area contributed by atoms with Crippen LogP contribution in [0.5, 0.6) is 0 Å². The zero-order valence-electron chi connectivity index (χ0n) is 10.2. The summed E-state index contributed by atoms with van der Waals surface area (Å²) in [6.45, 7) is 0.463. The Balaban J connectivity index is 2.10. The molecule has 0 bridgehead atoms. The van der Waals surface area contributed by atoms with Gasteiger partial charge in [0.15, 0.2) is 5.82 Å². The van der Waals surface area contributed by atoms with Crippen molar-refractivity contribution < 1.29 is 4.39 Å². The van der Waals surface area contributed by atoms with Gasteiger partial charge in [-0.25, -0.2) is 14.4 Å². The van der Waals surface area contributed by atoms with Crippen molar-refractivity contribution in [2.24, 2.45) is 7.05 Å². The first-order chi connectivity index (χ1) is 9.17. The van der Waals surface area contributed by atoms with Crippen molar-refractivity contribution in [3.05, 3.63) is 42.0 Å². The summed E-state index contributed by atoms with van der Waals surface area (Å²) >= 11 is 5.89. The monoisotopic (exact) mass is 279 g/mol. The Morgan fingerprint density at radius 1 is 1.37 bits per heavy atom. The predicted molar refractivity (Wildman–Crippen MR) is 69.4 cm³/mol. The van der Waals surface area contributed by atoms with Crippen molar-refractivity contribution in [2.45, 2.75) is 12.4 Å². The minimum Gasteiger partial charge on any atom is -0.319 e. The molecule has 3 rings (SSSR count). The van der Waals surface area contributed by atoms with E-state index in [9.17, 15) is 4.39 Å². The Labute approximate surface area is 113 Å². The van der Waals surface area contributed by atoms with Crippen LogP contribution in [0, 0.1) is 5.82 Å². The highest BCUT2D eigenvalue weighted by Gasteiger charge is 2.12. The van der Waals surface area contributed by atoms with Gasteiger partial charge in [0.1, 0.15) is 18.0 Å². The van der Waals surface area contributed by atoms with Crippen LogP contribution in [0.15, 0.2) is 24.5 Å². The van der Waals surface area contributed by atoms with E-state index in [1.54, 1.807) is 24.1 Å². The van der Waals surface area contributed by atoms with Gasteiger partial charge in [-0.15, -0.1) is 11.6 Å². The van der Waals surface area contributed by atoms with Gasteiger partial charge >= 0.3 is 0 Å². The van der Waals surface area contributed by atoms with Crippen molar-refractivity contribution in [2.75, 3.05) is 0 Å². The van der Waals surface area contributed by atoms with Gasteiger partial charge in [-0.3, -0.25) is 4.68 Å². The molecule has 0 saturated carbocycles. The fourth-order valence-electron chi connectivity index (χ4n) is 2.03. The number of alkyl halides is 1. The molecule has 2 heterocycles. The third kappa shape index (κ3) is 2.19. The molecule has 0 radical (unpaired) electrons. The molecule has 0 spiro atoms. The van der Waals surface area contributed by atoms with Crippen LogP contribution in [0.4, 0.5) is 4.39 Å². The maximum Gasteiger partial charge on any atom is 0.170 e. The van der Waals surface area contributed by atoms with Crippen LogP contribution in [0.25, 0.3) is 11.0 Å². The van der Waals surface area contributed by atoms with Crippen LogP contribution in [0.2, 0.25) is 0 Å². The average Bonchev–Trinajstić information content (AvgIpc) is 2.94. The third-order valence-electron chi connectivity index (χ3n) is 2.86. The summed E-state index contributed by atoms with van der Waals surface area (Å²) in [6, 6.07) is 4.49. The lowest BCUT2D eigenvalue weighted by molar-refractivity contribution is 0.629. The summed E-state index contributed by atoms with van der Waals surface area (Å²) in [5.74, 6) is 1.28. The largest absolute Gasteiger partial charge is 0.319 e. The zero-order valence-corrected chi connectivity index (χ0v) is 11.0. The molecule has 5 nitrogen and oxygen atoms in total. The van der Waals surface area contributed by atoms with Crippen LogP contribution in [-0.4, -0.2) is 24.3 Å². The highest BCUT2D eigenvalue weighted by atomic mass is 35.5. The molecule has 7 heteroatoms. The molecule has 0 saturated heterocycles. The molecule has 2 aromatic heterocycles. The molecule has 0 aliphatic carbocycles. The minimum absolute atomic E-state index is 0.253. The maximum absolute atomic E-state index is 13.2. The SMILES string of the molecule is Cn1cnc(Cn2c(CCl)nc3cc(F)ccc32)n1. The normalized spacial score (nSPS) is 11.3. The topological polar surface area (TPSA) is 48.5 Å². The maximum atomic E-state index is 13.2. The van der Waals surface area contributed by atoms with Crippen molar-refractivity contribution in [3.8, 4) is 0 Å². The number of halogens is 2. The highest BCUT2D eigenvalue weighted by Crippen LogP contribution is 2.19. The summed E-state index contributed by atoms with van der Waals surface area (Å²) in [7, 11) is 1.81. The van der Waals surface area contributed by atoms with Gasteiger partial charge in [0.25, 0.3) is 0 Å². The van der Waals surface area contributed by atoms with E-state index in [0.29, 0.717) is 23.7 Å². The molecule has 3 aromatic rings. The van der Waals surface area contributed by atoms with Crippen LogP contribution in [0.1, 0.15) is 11.6 Å². The van der Waals surface area contributed by atoms with Gasteiger partial charge < -0.3 is 4.57 Å². The van der Waals surface area contributed by atoms with Gasteiger partial charge in [0.05, 0.1) is 23.5 Å². The Morgan fingerprint density at radius 2 is 2.21 bits per heavy atom. The van der Waals surface area contributed by atoms with Crippen molar-refractivity contribution >= 4 is 22.6 Å². The number of fused-ring (bicyclic) bond motifs is 1. The van der Waals surface area contributed by atoms with Crippen LogP contribution >= 0.6 is 11.6 Å². The minimum atomic E-state index is -0.311. The van der Waals surface area contributed by atoms with E-state index in [1.165, 1.54) is 12.1 Å². The Morgan fingerprint density at radius 3 is 2.89 bits per heavy atom. The van der Waals surface area contributed by atoms with E-state index < -0.39 is 0 Å². The number of nitrogens with zero attached hydrogens (tertiary/aromatic N) is 5. The molecule has 0 atom stereocenters. The van der Waals surface area contributed by atoms with E-state index in [-0.39, 0.29) is 11.7 Å². The van der Waals surface area contributed by atoms with Crippen LogP contribution < -0.4 is 0 Å². The summed E-state index contributed by atoms with van der Waals surface area (Å²) in [6.07, 6.45) is 1.63. The molecule has 0 unspecified atom stereocenters. The second-order valence-corrected chi connectivity index (χ2v) is 4.48. The van der Waals surface area contributed by atoms with Gasteiger partial charge in [-0.05, 0) is 12.1 Å². The van der Waals surface area contributed by atoms with Gasteiger partial charge in [-0.1, -0.05) is 0 Å². The lowest BCUT2D eigenvalue weighted by Crippen LogP contribution is -2.06. The lowest BCUT2D eigenvalue weighted by atomic mass is 10.3. The predicted octanol–water partition coefficient (Wildman–Crippen LogP) is 2.09. The van der Waals surface area contributed by atoms with Crippen LogP contribution in [0.3, 0.4) is 0 Å². The van der Waals surface area contributed by atoms with Gasteiger partial charge in [-0.2, -0.15) is 5.10 Å². The summed E-state index contributed by atoms with van der Waals surface area (Å²) < 4.78 is 16.7. The van der Waals surface area contributed by atoms with Crippen molar-refractivity contribution in [1.82, 2.24) is 24.3 Å². The molecule has 0 amide bonds. The summed E-state index contributed by atoms with van der Waals surface area (Å²) in [4.78, 5) is 8.50. The number of rotatable bonds is 3. The number of aromatic nitrogens is 5. The summed E-state index contributed by atoms with van der Waals surface area (Å²) in [5.41, 5.74) is 1.41. The number of aryl methyl sites for hydroxylation is 1. The van der Waals surface area contributed by atoms with E-state index in [1.807, 2.05) is 4.57 Å². The number of hydrogen-bond acceptors (Lipinski definition) is 3. The molecule has 0 N–H and O–H groups in total. The Hall–Kier alpha value is -1.95. The van der Waals surface area contributed by atoms with Crippen molar-refractivity contribution in [1.29, 1.82) is 0 Å². The standard InChI is InChI=1S/C12H11ClFN5/c1-18-7-15-11(17-18)6-19-10-3-2-8(14)4-9(10)16-12(19)5-13/h2-4,7H,5-6H2,1H3. The average molecular weight is 280 g/mol. The Bertz CT molecular complexity index is 733. The molecular weight excluding hydrogens is 269 g/mol. The van der Waals surface area contributed by atoms with Crippen molar-refractivity contribution in [3.63, 3.8) is 0 Å². The molecule has 0 aliphatic rings. The zero-order chi connectivity index (χ0) is 13.4. The fourth-order valence-corrected chi connectivity index (χ4v) is 2.23. The van der Waals surface area contributed by atoms with E-state index in [4.69, 9.17) is 11.6 Å². The van der Waals surface area contributed by atoms with E-state index in [0.717, 1.165) is 5.52 Å². The number of hydrogen-bond donors (Lipinski definition) is 0. The molecule has 1 aromatic carbocycles. The number of imidazole rings is 1. The van der Waals surface area contributed by atoms with E-state index in [2.05, 4.69) is 15.1 Å². The van der Waals surface area contributed by atoms with Crippen LogP contribution in [-0.2, 0) is 19.5 Å². The number of benzene rings is 1. The second-order valence-electron chi connectivity index (χ2n) is 4.22. The third-order valence-corrected chi connectivity index (χ3v) is 3.09. The first-order valence-corrected chi connectivity index (χ1v) is 6.26. The molecule has 0 aliphatic heterocycles. The molecule has 0 fully saturated rings. The first kappa shape index (κ1) is 12.1. The van der Waals surface area contributed by atoms with Gasteiger partial charge in [0.2, 0.25) is 0 Å². The van der Waals surface area contributed by atoms with E-state index >= 15 is 0 Å². The second kappa shape index (κ2) is 4.62. The molecule has 19 heavy (non-hydrogen) atoms. The Kier molecular flexibility index (Phi) is 2.94. The quantitative estimate of drug-likeness (QED) is 0.690. The van der Waals surface area contributed by atoms with Gasteiger partial charge in [0, 0.05) is 13.1 Å². The highest BCUT2D eigenvalue weighted by molar-refractivity contribution is 6.16. The first-order valence-electron chi connectivity index (χ1n) is 5.72. The molecular formula is C12H11ClFN5. The summed E-state index contributed by atoms with van der Waals surface area (Å²) in [5, 5.41) is 4.23. The fraction of sp³-hybridized carbons (Fsp3) is 0.250. The smallest absolute Gasteiger partial charge is 0.170 e.